The average molecular weight is 880 g/mol. The Morgan fingerprint density at radius 1 is 0.683 bits per heavy atom. The molecule has 0 aliphatic rings. The summed E-state index contributed by atoms with van der Waals surface area (Å²) in [4.78, 5) is 21.8. The number of azo groups is 3. The van der Waals surface area contributed by atoms with E-state index in [4.69, 9.17) is 15.7 Å². The highest BCUT2D eigenvalue weighted by Gasteiger charge is 2.29. The third-order valence-electron chi connectivity index (χ3n) is 8.30. The molecule has 0 radical (unpaired) electrons. The van der Waals surface area contributed by atoms with Gasteiger partial charge in [0.15, 0.2) is 11.5 Å². The Balaban J connectivity index is 1.50. The van der Waals surface area contributed by atoms with Crippen LogP contribution < -0.4 is 5.73 Å². The van der Waals surface area contributed by atoms with Gasteiger partial charge in [0.05, 0.1) is 51.9 Å². The molecule has 0 aliphatic carbocycles. The summed E-state index contributed by atoms with van der Waals surface area (Å²) in [6.07, 6.45) is 0. The topological polar surface area (TPSA) is 352 Å². The van der Waals surface area contributed by atoms with E-state index in [0.717, 1.165) is 7.11 Å². The lowest BCUT2D eigenvalue weighted by Crippen LogP contribution is -2.04. The highest BCUT2D eigenvalue weighted by molar-refractivity contribution is 7.94. The summed E-state index contributed by atoms with van der Waals surface area (Å²) in [5, 5.41) is 67.4. The highest BCUT2D eigenvalue weighted by atomic mass is 32.2. The van der Waals surface area contributed by atoms with Crippen molar-refractivity contribution >= 4 is 106 Å². The number of carboxylic acids is 1. The zero-order valence-corrected chi connectivity index (χ0v) is 32.4. The first-order chi connectivity index (χ1) is 28.4. The van der Waals surface area contributed by atoms with Crippen molar-refractivity contribution in [3.63, 3.8) is 0 Å². The first kappa shape index (κ1) is 42.6. The van der Waals surface area contributed by atoms with Gasteiger partial charge in [0.1, 0.15) is 38.2 Å². The second kappa shape index (κ2) is 17.1. The molecule has 0 aromatic heterocycles. The van der Waals surface area contributed by atoms with E-state index in [1.165, 1.54) is 72.8 Å². The van der Waals surface area contributed by atoms with Crippen molar-refractivity contribution in [3.05, 3.63) is 96.1 Å². The minimum Gasteiger partial charge on any atom is -0.505 e. The van der Waals surface area contributed by atoms with Crippen LogP contribution in [-0.2, 0) is 34.3 Å². The monoisotopic (exact) mass is 879 g/mol. The van der Waals surface area contributed by atoms with Crippen LogP contribution in [0.15, 0.2) is 130 Å². The number of hydrogen-bond acceptors (Lipinski definition) is 20. The minimum absolute atomic E-state index is 0.0233. The molecule has 0 amide bonds. The van der Waals surface area contributed by atoms with Gasteiger partial charge in [-0.25, -0.2) is 14.8 Å². The molecule has 60 heavy (non-hydrogen) atoms. The van der Waals surface area contributed by atoms with Crippen LogP contribution in [0.4, 0.5) is 39.8 Å². The highest BCUT2D eigenvalue weighted by Crippen LogP contribution is 2.49. The van der Waals surface area contributed by atoms with Crippen molar-refractivity contribution in [2.45, 2.75) is 14.7 Å². The molecule has 8 N–H and O–H groups in total. The normalized spacial score (nSPS) is 12.3. The van der Waals surface area contributed by atoms with Crippen LogP contribution in [0.2, 0.25) is 0 Å². The number of benzene rings is 6. The number of nitrogens with two attached hydrogens (primary N) is 1. The number of carbonyl (C=O) groups is 2. The van der Waals surface area contributed by atoms with Crippen molar-refractivity contribution in [1.82, 2.24) is 0 Å². The van der Waals surface area contributed by atoms with Crippen molar-refractivity contribution in [2.75, 3.05) is 12.8 Å². The predicted octanol–water partition coefficient (Wildman–Crippen LogP) is 8.64. The fourth-order valence-electron chi connectivity index (χ4n) is 5.61. The molecule has 22 nitrogen and oxygen atoms in total. The second-order valence-corrected chi connectivity index (χ2v) is 15.4. The quantitative estimate of drug-likeness (QED) is 0.0108. The Labute approximate surface area is 340 Å². The van der Waals surface area contributed by atoms with Crippen LogP contribution in [0.5, 0.6) is 11.5 Å². The van der Waals surface area contributed by atoms with Crippen molar-refractivity contribution in [2.24, 2.45) is 30.7 Å². The summed E-state index contributed by atoms with van der Waals surface area (Å²) in [5.74, 6) is -3.84. The maximum absolute atomic E-state index is 12.6. The van der Waals surface area contributed by atoms with E-state index in [-0.39, 0.29) is 44.2 Å². The average Bonchev–Trinajstić information content (AvgIpc) is 3.21. The molecule has 0 heterocycles. The van der Waals surface area contributed by atoms with E-state index in [1.54, 1.807) is 0 Å². The molecule has 6 aromatic rings. The third-order valence-corrected chi connectivity index (χ3v) is 10.7. The third kappa shape index (κ3) is 8.72. The number of phenols is 2. The molecule has 308 valence electrons. The predicted molar refractivity (Wildman–Crippen MR) is 210 cm³/mol. The van der Waals surface area contributed by atoms with Gasteiger partial charge in [-0.15, -0.1) is 29.9 Å². The van der Waals surface area contributed by atoms with E-state index < -0.39 is 81.3 Å². The number of aromatic hydroxyl groups is 2. The Bertz CT molecular complexity index is 3070. The summed E-state index contributed by atoms with van der Waals surface area (Å²) in [6, 6.07) is 18.0. The van der Waals surface area contributed by atoms with Gasteiger partial charge in [-0.1, -0.05) is 35.4 Å². The number of anilines is 1. The lowest BCUT2D eigenvalue weighted by atomic mass is 10.0. The number of hydrogen-bond donors (Lipinski definition) is 7. The summed E-state index contributed by atoms with van der Waals surface area (Å²) >= 11 is 0.421. The first-order valence-electron chi connectivity index (χ1n) is 16.2. The lowest BCUT2D eigenvalue weighted by Gasteiger charge is -2.14. The number of phenolic OH excluding ortho intramolecular Hbond substituents is 2. The van der Waals surface area contributed by atoms with Crippen LogP contribution in [0.1, 0.15) is 20.7 Å². The number of nitrogen functional groups attached to an aromatic ring is 1. The molecule has 6 rings (SSSR count). The molecule has 0 spiro atoms. The van der Waals surface area contributed by atoms with Gasteiger partial charge in [-0.05, 0) is 60.0 Å². The molecule has 0 bridgehead atoms. The van der Waals surface area contributed by atoms with E-state index in [2.05, 4.69) is 40.1 Å². The molecule has 0 fully saturated rings. The molecule has 6 aromatic carbocycles. The van der Waals surface area contributed by atoms with Gasteiger partial charge in [0.2, 0.25) is 0 Å². The number of aromatic carboxylic acids is 1. The maximum Gasteiger partial charge on any atom is 0.340 e. The number of carboxylic acid groups (broad SMARTS) is 1. The molecule has 0 unspecified atom stereocenters. The van der Waals surface area contributed by atoms with Gasteiger partial charge < -0.3 is 25.8 Å². The van der Waals surface area contributed by atoms with Gasteiger partial charge in [-0.2, -0.15) is 21.9 Å². The molecule has 0 atom stereocenters. The fraction of sp³-hybridized carbons (Fsp3) is 0.0286. The Hall–Kier alpha value is -6.97. The number of nitrogens with zero attached hydrogens (tertiary/aromatic N) is 6. The van der Waals surface area contributed by atoms with Gasteiger partial charge in [0.25, 0.3) is 20.2 Å². The smallest absolute Gasteiger partial charge is 0.340 e. The molecular formula is C35H25N7O15S3. The number of rotatable bonds is 13. The largest absolute Gasteiger partial charge is 0.505 e. The second-order valence-electron chi connectivity index (χ2n) is 11.9. The molecular weight excluding hydrogens is 855 g/mol. The van der Waals surface area contributed by atoms with Gasteiger partial charge in [0, 0.05) is 10.8 Å². The molecule has 0 aliphatic heterocycles. The van der Waals surface area contributed by atoms with E-state index >= 15 is 0 Å². The van der Waals surface area contributed by atoms with E-state index in [9.17, 15) is 50.8 Å². The standard InChI is InChI=1S/C35H25N7O15S3/c1-55-35(47)19-7-3-5-9-23(19)39-42-31-27(60(52,53)54)14-21-26(59(49,50)51)15-24(29(36)28(21)33(31)44)40-37-17-11-10-16-12-25(58-57-56-48)30(32(43)20(16)13-17)41-38-22-8-4-2-6-18(22)34(45)46/h2-15,43-44,48H,36H2,1H3,(H,45,46)(H,49,50,51)(H,52,53,54). The Morgan fingerprint density at radius 3 is 1.90 bits per heavy atom. The molecule has 25 heteroatoms. The zero-order valence-electron chi connectivity index (χ0n) is 29.9. The maximum atomic E-state index is 12.6. The van der Waals surface area contributed by atoms with Gasteiger partial charge >= 0.3 is 11.9 Å². The number of fused-ring (bicyclic) bond motifs is 2. The molecule has 0 saturated carbocycles. The van der Waals surface area contributed by atoms with Crippen LogP contribution in [0.3, 0.4) is 0 Å². The zero-order chi connectivity index (χ0) is 43.5. The molecule has 0 saturated heterocycles. The fourth-order valence-corrected chi connectivity index (χ4v) is 7.45. The van der Waals surface area contributed by atoms with Crippen LogP contribution >= 0.6 is 12.0 Å². The number of carbonyl (C=O) groups excluding carboxylic acids is 1. The SMILES string of the molecule is COC(=O)c1ccccc1N=Nc1c(S(=O)(=O)O)cc2c(S(=O)(=O)O)cc(N=Nc3ccc4cc(SOOO)c(N=Nc5ccccc5C(=O)O)c(O)c4c3)c(N)c2c1O. The summed E-state index contributed by atoms with van der Waals surface area (Å²) in [5.41, 5.74) is 3.49. The summed E-state index contributed by atoms with van der Waals surface area (Å²) in [6.45, 7) is 0. The van der Waals surface area contributed by atoms with E-state index in [1.807, 2.05) is 0 Å². The van der Waals surface area contributed by atoms with Crippen LogP contribution in [0.25, 0.3) is 21.5 Å². The Kier molecular flexibility index (Phi) is 12.1. The number of methoxy groups -OCH3 is 1. The number of ether oxygens (including phenoxy) is 1. The first-order valence-corrected chi connectivity index (χ1v) is 19.8. The van der Waals surface area contributed by atoms with Crippen molar-refractivity contribution in [1.29, 1.82) is 0 Å². The number of esters is 1. The van der Waals surface area contributed by atoms with Crippen LogP contribution in [0, 0.1) is 0 Å². The summed E-state index contributed by atoms with van der Waals surface area (Å²) < 4.78 is 79.8. The lowest BCUT2D eigenvalue weighted by molar-refractivity contribution is -0.432. The summed E-state index contributed by atoms with van der Waals surface area (Å²) in [7, 11) is -9.50. The van der Waals surface area contributed by atoms with Crippen molar-refractivity contribution in [3.8, 4) is 11.5 Å². The minimum atomic E-state index is -5.32. The van der Waals surface area contributed by atoms with Crippen molar-refractivity contribution < 1.29 is 70.2 Å². The van der Waals surface area contributed by atoms with Crippen LogP contribution in [-0.4, -0.2) is 65.6 Å². The Morgan fingerprint density at radius 2 is 1.28 bits per heavy atom. The van der Waals surface area contributed by atoms with Gasteiger partial charge in [-0.3, -0.25) is 9.11 Å². The van der Waals surface area contributed by atoms with E-state index in [0.29, 0.717) is 29.6 Å².